The SMILES string of the molecule is C/C=C1/CC[C@H](C(C)(C)C)C[C@H]1OC(C)=O. The molecule has 0 aliphatic heterocycles. The highest BCUT2D eigenvalue weighted by atomic mass is 16.5. The molecule has 2 atom stereocenters. The molecule has 92 valence electrons. The number of ether oxygens (including phenoxy) is 1. The molecule has 0 amide bonds. The van der Waals surface area contributed by atoms with Crippen LogP contribution in [-0.2, 0) is 9.53 Å². The molecule has 1 fully saturated rings. The summed E-state index contributed by atoms with van der Waals surface area (Å²) in [7, 11) is 0. The molecule has 0 N–H and O–H groups in total. The molecule has 0 radical (unpaired) electrons. The van der Waals surface area contributed by atoms with Crippen molar-refractivity contribution >= 4 is 5.97 Å². The Morgan fingerprint density at radius 1 is 1.44 bits per heavy atom. The summed E-state index contributed by atoms with van der Waals surface area (Å²) in [6.45, 7) is 10.3. The lowest BCUT2D eigenvalue weighted by Gasteiger charge is -2.38. The Kier molecular flexibility index (Phi) is 4.17. The Hall–Kier alpha value is -0.790. The van der Waals surface area contributed by atoms with Gasteiger partial charge in [0.2, 0.25) is 0 Å². The standard InChI is InChI=1S/C14H24O2/c1-6-11-7-8-12(14(3,4)5)9-13(11)16-10(2)15/h6,12-13H,7-9H2,1-5H3/b11-6-/t12-,13+/m0/s1. The number of carbonyl (C=O) groups excluding carboxylic acids is 1. The zero-order valence-electron chi connectivity index (χ0n) is 11.2. The van der Waals surface area contributed by atoms with Crippen molar-refractivity contribution in [3.63, 3.8) is 0 Å². The van der Waals surface area contributed by atoms with Crippen LogP contribution < -0.4 is 0 Å². The predicted molar refractivity (Wildman–Crippen MR) is 66.1 cm³/mol. The van der Waals surface area contributed by atoms with E-state index < -0.39 is 0 Å². The summed E-state index contributed by atoms with van der Waals surface area (Å²) in [4.78, 5) is 11.1. The number of hydrogen-bond acceptors (Lipinski definition) is 2. The van der Waals surface area contributed by atoms with Crippen LogP contribution in [0, 0.1) is 11.3 Å². The molecule has 0 bridgehead atoms. The molecule has 0 aromatic rings. The molecule has 2 heteroatoms. The molecule has 0 unspecified atom stereocenters. The fourth-order valence-electron chi connectivity index (χ4n) is 2.47. The second kappa shape index (κ2) is 5.03. The van der Waals surface area contributed by atoms with Crippen LogP contribution >= 0.6 is 0 Å². The second-order valence-electron chi connectivity index (χ2n) is 5.80. The fraction of sp³-hybridized carbons (Fsp3) is 0.786. The van der Waals surface area contributed by atoms with Crippen molar-refractivity contribution in [2.75, 3.05) is 0 Å². The van der Waals surface area contributed by atoms with Crippen LogP contribution in [0.3, 0.4) is 0 Å². The minimum atomic E-state index is -0.168. The van der Waals surface area contributed by atoms with E-state index in [0.717, 1.165) is 12.8 Å². The number of rotatable bonds is 1. The van der Waals surface area contributed by atoms with Crippen LogP contribution in [0.1, 0.15) is 53.9 Å². The van der Waals surface area contributed by atoms with Gasteiger partial charge in [-0.1, -0.05) is 26.8 Å². The zero-order chi connectivity index (χ0) is 12.3. The van der Waals surface area contributed by atoms with E-state index in [4.69, 9.17) is 4.74 Å². The van der Waals surface area contributed by atoms with Gasteiger partial charge >= 0.3 is 5.97 Å². The van der Waals surface area contributed by atoms with Gasteiger partial charge < -0.3 is 4.74 Å². The molecular formula is C14H24O2. The normalized spacial score (nSPS) is 29.2. The number of esters is 1. The number of hydrogen-bond donors (Lipinski definition) is 0. The quantitative estimate of drug-likeness (QED) is 0.501. The van der Waals surface area contributed by atoms with Crippen molar-refractivity contribution in [2.24, 2.45) is 11.3 Å². The molecule has 0 saturated heterocycles. The minimum absolute atomic E-state index is 0.0143. The number of carbonyl (C=O) groups is 1. The first kappa shape index (κ1) is 13.3. The van der Waals surface area contributed by atoms with Crippen LogP contribution in [0.4, 0.5) is 0 Å². The monoisotopic (exact) mass is 224 g/mol. The van der Waals surface area contributed by atoms with Gasteiger partial charge in [-0.2, -0.15) is 0 Å². The Morgan fingerprint density at radius 2 is 2.06 bits per heavy atom. The van der Waals surface area contributed by atoms with E-state index in [1.165, 1.54) is 18.9 Å². The summed E-state index contributed by atoms with van der Waals surface area (Å²) in [6, 6.07) is 0. The third-order valence-corrected chi connectivity index (χ3v) is 3.60. The van der Waals surface area contributed by atoms with Gasteiger partial charge in [0, 0.05) is 6.92 Å². The summed E-state index contributed by atoms with van der Waals surface area (Å²) in [5.41, 5.74) is 1.59. The van der Waals surface area contributed by atoms with E-state index in [1.807, 2.05) is 6.92 Å². The topological polar surface area (TPSA) is 26.3 Å². The third-order valence-electron chi connectivity index (χ3n) is 3.60. The molecular weight excluding hydrogens is 200 g/mol. The van der Waals surface area contributed by atoms with Gasteiger partial charge in [0.15, 0.2) is 0 Å². The number of allylic oxidation sites excluding steroid dienone is 1. The lowest BCUT2D eigenvalue weighted by Crippen LogP contribution is -2.33. The molecule has 0 aromatic heterocycles. The molecule has 1 aliphatic carbocycles. The van der Waals surface area contributed by atoms with Gasteiger partial charge in [0.1, 0.15) is 6.10 Å². The molecule has 0 spiro atoms. The van der Waals surface area contributed by atoms with Gasteiger partial charge in [-0.25, -0.2) is 0 Å². The molecule has 16 heavy (non-hydrogen) atoms. The first-order valence-electron chi connectivity index (χ1n) is 6.17. The van der Waals surface area contributed by atoms with E-state index in [1.54, 1.807) is 0 Å². The summed E-state index contributed by atoms with van der Waals surface area (Å²) >= 11 is 0. The van der Waals surface area contributed by atoms with Crippen LogP contribution in [-0.4, -0.2) is 12.1 Å². The maximum atomic E-state index is 11.1. The summed E-state index contributed by atoms with van der Waals surface area (Å²) < 4.78 is 5.41. The molecule has 1 aliphatic rings. The Bertz CT molecular complexity index is 284. The maximum Gasteiger partial charge on any atom is 0.303 e. The van der Waals surface area contributed by atoms with E-state index in [2.05, 4.69) is 26.8 Å². The first-order valence-corrected chi connectivity index (χ1v) is 6.17. The molecule has 0 heterocycles. The van der Waals surface area contributed by atoms with E-state index >= 15 is 0 Å². The van der Waals surface area contributed by atoms with Crippen molar-refractivity contribution in [3.8, 4) is 0 Å². The summed E-state index contributed by atoms with van der Waals surface area (Å²) in [6.07, 6.45) is 5.37. The smallest absolute Gasteiger partial charge is 0.303 e. The summed E-state index contributed by atoms with van der Waals surface area (Å²) in [5, 5.41) is 0. The van der Waals surface area contributed by atoms with E-state index in [9.17, 15) is 4.79 Å². The lowest BCUT2D eigenvalue weighted by molar-refractivity contribution is -0.146. The summed E-state index contributed by atoms with van der Waals surface area (Å²) in [5.74, 6) is 0.472. The van der Waals surface area contributed by atoms with Crippen LogP contribution in [0.2, 0.25) is 0 Å². The van der Waals surface area contributed by atoms with Gasteiger partial charge in [0.05, 0.1) is 0 Å². The van der Waals surface area contributed by atoms with Crippen molar-refractivity contribution < 1.29 is 9.53 Å². The predicted octanol–water partition coefficient (Wildman–Crippen LogP) is 3.71. The average Bonchev–Trinajstić information content (AvgIpc) is 2.15. The Balaban J connectivity index is 2.73. The largest absolute Gasteiger partial charge is 0.458 e. The molecule has 2 nitrogen and oxygen atoms in total. The van der Waals surface area contributed by atoms with E-state index in [0.29, 0.717) is 11.3 Å². The van der Waals surface area contributed by atoms with Gasteiger partial charge in [-0.3, -0.25) is 4.79 Å². The zero-order valence-corrected chi connectivity index (χ0v) is 11.2. The Labute approximate surface area is 99.1 Å². The van der Waals surface area contributed by atoms with Crippen LogP contribution in [0.5, 0.6) is 0 Å². The van der Waals surface area contributed by atoms with Crippen LogP contribution in [0.25, 0.3) is 0 Å². The minimum Gasteiger partial charge on any atom is -0.458 e. The third kappa shape index (κ3) is 3.36. The van der Waals surface area contributed by atoms with Crippen molar-refractivity contribution in [1.82, 2.24) is 0 Å². The van der Waals surface area contributed by atoms with Crippen molar-refractivity contribution in [3.05, 3.63) is 11.6 Å². The Morgan fingerprint density at radius 3 is 2.50 bits per heavy atom. The van der Waals surface area contributed by atoms with E-state index in [-0.39, 0.29) is 12.1 Å². The highest BCUT2D eigenvalue weighted by molar-refractivity contribution is 5.66. The molecule has 1 saturated carbocycles. The first-order chi connectivity index (χ1) is 7.34. The molecule has 0 aromatic carbocycles. The van der Waals surface area contributed by atoms with Crippen molar-refractivity contribution in [2.45, 2.75) is 60.0 Å². The van der Waals surface area contributed by atoms with Crippen LogP contribution in [0.15, 0.2) is 11.6 Å². The van der Waals surface area contributed by atoms with Gasteiger partial charge in [-0.15, -0.1) is 0 Å². The highest BCUT2D eigenvalue weighted by Gasteiger charge is 2.34. The maximum absolute atomic E-state index is 11.1. The van der Waals surface area contributed by atoms with Gasteiger partial charge in [-0.05, 0) is 43.1 Å². The molecule has 1 rings (SSSR count). The fourth-order valence-corrected chi connectivity index (χ4v) is 2.47. The van der Waals surface area contributed by atoms with Gasteiger partial charge in [0.25, 0.3) is 0 Å². The van der Waals surface area contributed by atoms with Crippen molar-refractivity contribution in [1.29, 1.82) is 0 Å². The lowest BCUT2D eigenvalue weighted by atomic mass is 9.70. The highest BCUT2D eigenvalue weighted by Crippen LogP contribution is 2.40. The second-order valence-corrected chi connectivity index (χ2v) is 5.80. The average molecular weight is 224 g/mol.